The maximum absolute atomic E-state index is 9.72. The van der Waals surface area contributed by atoms with E-state index in [2.05, 4.69) is 50.4 Å². The molecule has 108 valence electrons. The first-order valence-corrected chi connectivity index (χ1v) is 7.67. The number of aliphatic hydroxyl groups excluding tert-OH is 1. The fourth-order valence-corrected chi connectivity index (χ4v) is 2.22. The molecular weight excluding hydrogens is 234 g/mol. The Kier molecular flexibility index (Phi) is 7.76. The molecule has 0 saturated heterocycles. The van der Waals surface area contributed by atoms with E-state index in [-0.39, 0.29) is 6.10 Å². The maximum Gasteiger partial charge on any atom is 0.0664 e. The fourth-order valence-electron chi connectivity index (χ4n) is 2.22. The van der Waals surface area contributed by atoms with Crippen molar-refractivity contribution in [1.82, 2.24) is 5.32 Å². The normalized spacial score (nSPS) is 14.3. The Morgan fingerprint density at radius 3 is 2.37 bits per heavy atom. The van der Waals surface area contributed by atoms with Crippen LogP contribution in [0, 0.1) is 0 Å². The summed E-state index contributed by atoms with van der Waals surface area (Å²) in [6, 6.07) is 9.16. The lowest BCUT2D eigenvalue weighted by atomic mass is 10.0. The summed E-state index contributed by atoms with van der Waals surface area (Å²) in [4.78, 5) is 0. The van der Waals surface area contributed by atoms with Crippen molar-refractivity contribution in [2.75, 3.05) is 6.54 Å². The number of nitrogens with one attached hydrogen (secondary N) is 1. The van der Waals surface area contributed by atoms with Crippen LogP contribution in [0.15, 0.2) is 24.3 Å². The Morgan fingerprint density at radius 1 is 1.11 bits per heavy atom. The molecule has 2 N–H and O–H groups in total. The fraction of sp³-hybridized carbons (Fsp3) is 0.647. The van der Waals surface area contributed by atoms with Crippen LogP contribution >= 0.6 is 0 Å². The van der Waals surface area contributed by atoms with E-state index < -0.39 is 0 Å². The van der Waals surface area contributed by atoms with E-state index in [1.165, 1.54) is 30.4 Å². The van der Waals surface area contributed by atoms with Gasteiger partial charge in [0.25, 0.3) is 0 Å². The minimum Gasteiger partial charge on any atom is -0.392 e. The van der Waals surface area contributed by atoms with Crippen molar-refractivity contribution in [2.45, 2.75) is 65.0 Å². The van der Waals surface area contributed by atoms with Crippen LogP contribution in [0.3, 0.4) is 0 Å². The minimum absolute atomic E-state index is 0.226. The zero-order chi connectivity index (χ0) is 14.1. The molecule has 1 aromatic carbocycles. The molecule has 0 radical (unpaired) electrons. The Bertz CT molecular complexity index is 334. The molecular formula is C17H29NO. The number of rotatable bonds is 9. The highest BCUT2D eigenvalue weighted by Crippen LogP contribution is 2.14. The molecule has 0 saturated carbocycles. The highest BCUT2D eigenvalue weighted by atomic mass is 16.3. The first-order chi connectivity index (χ1) is 9.17. The highest BCUT2D eigenvalue weighted by molar-refractivity contribution is 5.24. The molecule has 2 heteroatoms. The minimum atomic E-state index is -0.226. The molecule has 0 fully saturated rings. The zero-order valence-corrected chi connectivity index (χ0v) is 12.7. The molecule has 0 amide bonds. The Labute approximate surface area is 118 Å². The quantitative estimate of drug-likeness (QED) is 0.709. The lowest BCUT2D eigenvalue weighted by Gasteiger charge is -2.17. The molecule has 0 spiro atoms. The van der Waals surface area contributed by atoms with Crippen molar-refractivity contribution in [3.8, 4) is 0 Å². The summed E-state index contributed by atoms with van der Waals surface area (Å²) < 4.78 is 0. The van der Waals surface area contributed by atoms with Crippen molar-refractivity contribution in [3.63, 3.8) is 0 Å². The van der Waals surface area contributed by atoms with E-state index in [4.69, 9.17) is 0 Å². The van der Waals surface area contributed by atoms with Crippen LogP contribution in [0.1, 0.15) is 63.6 Å². The summed E-state index contributed by atoms with van der Waals surface area (Å²) in [7, 11) is 0. The second kappa shape index (κ2) is 9.11. The summed E-state index contributed by atoms with van der Waals surface area (Å²) in [5, 5.41) is 13.1. The third kappa shape index (κ3) is 6.22. The molecule has 0 aliphatic heterocycles. The van der Waals surface area contributed by atoms with Gasteiger partial charge in [0.1, 0.15) is 0 Å². The smallest absolute Gasteiger partial charge is 0.0664 e. The predicted octanol–water partition coefficient (Wildman–Crippen LogP) is 3.84. The van der Waals surface area contributed by atoms with E-state index >= 15 is 0 Å². The number of hydrogen-bond acceptors (Lipinski definition) is 2. The van der Waals surface area contributed by atoms with Crippen LogP contribution < -0.4 is 5.32 Å². The van der Waals surface area contributed by atoms with Gasteiger partial charge in [-0.2, -0.15) is 0 Å². The van der Waals surface area contributed by atoms with Crippen LogP contribution in [-0.4, -0.2) is 17.8 Å². The van der Waals surface area contributed by atoms with Gasteiger partial charge in [-0.15, -0.1) is 0 Å². The highest BCUT2D eigenvalue weighted by Gasteiger charge is 2.08. The van der Waals surface area contributed by atoms with Gasteiger partial charge in [-0.1, -0.05) is 51.0 Å². The first kappa shape index (κ1) is 16.2. The average molecular weight is 263 g/mol. The topological polar surface area (TPSA) is 32.3 Å². The van der Waals surface area contributed by atoms with Gasteiger partial charge in [-0.25, -0.2) is 0 Å². The molecule has 0 bridgehead atoms. The van der Waals surface area contributed by atoms with Crippen LogP contribution in [-0.2, 0) is 6.42 Å². The second-order valence-corrected chi connectivity index (χ2v) is 5.42. The molecule has 0 aromatic heterocycles. The molecule has 0 aliphatic carbocycles. The van der Waals surface area contributed by atoms with Gasteiger partial charge in [0.15, 0.2) is 0 Å². The SMILES string of the molecule is CCCCc1ccc(C(C)NCC(O)CCC)cc1. The van der Waals surface area contributed by atoms with Gasteiger partial charge in [0, 0.05) is 12.6 Å². The van der Waals surface area contributed by atoms with Gasteiger partial charge in [-0.05, 0) is 37.3 Å². The van der Waals surface area contributed by atoms with Gasteiger partial charge in [0.05, 0.1) is 6.10 Å². The van der Waals surface area contributed by atoms with E-state index in [1.807, 2.05) is 0 Å². The summed E-state index contributed by atoms with van der Waals surface area (Å²) in [6.45, 7) is 7.15. The molecule has 2 atom stereocenters. The molecule has 0 heterocycles. The predicted molar refractivity (Wildman–Crippen MR) is 82.4 cm³/mol. The Morgan fingerprint density at radius 2 is 1.79 bits per heavy atom. The van der Waals surface area contributed by atoms with Gasteiger partial charge < -0.3 is 10.4 Å². The number of aliphatic hydroxyl groups is 1. The number of hydrogen-bond donors (Lipinski definition) is 2. The van der Waals surface area contributed by atoms with Crippen LogP contribution in [0.25, 0.3) is 0 Å². The zero-order valence-electron chi connectivity index (χ0n) is 12.7. The summed E-state index contributed by atoms with van der Waals surface area (Å²) in [6.07, 6.45) is 5.36. The standard InChI is InChI=1S/C17H29NO/c1-4-6-8-15-9-11-16(12-10-15)14(3)18-13-17(19)7-5-2/h9-12,14,17-19H,4-8,13H2,1-3H3. The monoisotopic (exact) mass is 263 g/mol. The first-order valence-electron chi connectivity index (χ1n) is 7.67. The lowest BCUT2D eigenvalue weighted by molar-refractivity contribution is 0.157. The van der Waals surface area contributed by atoms with Crippen LogP contribution in [0.4, 0.5) is 0 Å². The Balaban J connectivity index is 2.41. The second-order valence-electron chi connectivity index (χ2n) is 5.42. The van der Waals surface area contributed by atoms with Crippen LogP contribution in [0.2, 0.25) is 0 Å². The molecule has 1 rings (SSSR count). The average Bonchev–Trinajstić information content (AvgIpc) is 2.43. The van der Waals surface area contributed by atoms with E-state index in [0.29, 0.717) is 12.6 Å². The molecule has 19 heavy (non-hydrogen) atoms. The molecule has 0 aliphatic rings. The summed E-state index contributed by atoms with van der Waals surface area (Å²) in [5.41, 5.74) is 2.72. The van der Waals surface area contributed by atoms with Gasteiger partial charge in [-0.3, -0.25) is 0 Å². The number of unbranched alkanes of at least 4 members (excludes halogenated alkanes) is 1. The lowest BCUT2D eigenvalue weighted by Crippen LogP contribution is -2.28. The number of benzene rings is 1. The van der Waals surface area contributed by atoms with E-state index in [0.717, 1.165) is 12.8 Å². The molecule has 2 unspecified atom stereocenters. The Hall–Kier alpha value is -0.860. The molecule has 2 nitrogen and oxygen atoms in total. The van der Waals surface area contributed by atoms with E-state index in [1.54, 1.807) is 0 Å². The van der Waals surface area contributed by atoms with Gasteiger partial charge >= 0.3 is 0 Å². The number of aryl methyl sites for hydroxylation is 1. The summed E-state index contributed by atoms with van der Waals surface area (Å²) in [5.74, 6) is 0. The third-order valence-electron chi connectivity index (χ3n) is 3.58. The van der Waals surface area contributed by atoms with E-state index in [9.17, 15) is 5.11 Å². The van der Waals surface area contributed by atoms with Crippen molar-refractivity contribution < 1.29 is 5.11 Å². The third-order valence-corrected chi connectivity index (χ3v) is 3.58. The van der Waals surface area contributed by atoms with Crippen molar-refractivity contribution in [3.05, 3.63) is 35.4 Å². The van der Waals surface area contributed by atoms with Crippen molar-refractivity contribution in [2.24, 2.45) is 0 Å². The maximum atomic E-state index is 9.72. The van der Waals surface area contributed by atoms with Crippen molar-refractivity contribution in [1.29, 1.82) is 0 Å². The van der Waals surface area contributed by atoms with Gasteiger partial charge in [0.2, 0.25) is 0 Å². The van der Waals surface area contributed by atoms with Crippen molar-refractivity contribution >= 4 is 0 Å². The molecule has 1 aromatic rings. The summed E-state index contributed by atoms with van der Waals surface area (Å²) >= 11 is 0. The largest absolute Gasteiger partial charge is 0.392 e. The van der Waals surface area contributed by atoms with Crippen LogP contribution in [0.5, 0.6) is 0 Å².